The number of amides is 1. The molecule has 0 unspecified atom stereocenters. The van der Waals surface area contributed by atoms with Crippen LogP contribution in [0.5, 0.6) is 11.5 Å². The Morgan fingerprint density at radius 3 is 2.83 bits per heavy atom. The third kappa shape index (κ3) is 4.11. The molecular weight excluding hydrogens is 334 g/mol. The molecule has 1 amide bonds. The fourth-order valence-electron chi connectivity index (χ4n) is 1.97. The maximum atomic E-state index is 12.1. The number of hydrazine groups is 1. The molecule has 23 heavy (non-hydrogen) atoms. The SMILES string of the molecule is O=C(NNC(=S)NCc1cccs1)[C@H]1COc2ccccc2O1. The normalized spacial score (nSPS) is 15.6. The summed E-state index contributed by atoms with van der Waals surface area (Å²) in [7, 11) is 0. The zero-order valence-corrected chi connectivity index (χ0v) is 13.7. The van der Waals surface area contributed by atoms with Crippen molar-refractivity contribution < 1.29 is 14.3 Å². The summed E-state index contributed by atoms with van der Waals surface area (Å²) in [4.78, 5) is 13.2. The van der Waals surface area contributed by atoms with Gasteiger partial charge >= 0.3 is 0 Å². The van der Waals surface area contributed by atoms with Gasteiger partial charge in [-0.15, -0.1) is 11.3 Å². The Balaban J connectivity index is 1.44. The van der Waals surface area contributed by atoms with Gasteiger partial charge in [0.2, 0.25) is 6.10 Å². The summed E-state index contributed by atoms with van der Waals surface area (Å²) in [5.74, 6) is 0.842. The van der Waals surface area contributed by atoms with Crippen molar-refractivity contribution in [2.45, 2.75) is 12.6 Å². The summed E-state index contributed by atoms with van der Waals surface area (Å²) in [6.07, 6.45) is -0.725. The van der Waals surface area contributed by atoms with Gasteiger partial charge in [0.05, 0.1) is 6.54 Å². The van der Waals surface area contributed by atoms with Crippen molar-refractivity contribution in [3.8, 4) is 11.5 Å². The van der Waals surface area contributed by atoms with Crippen LogP contribution in [0.15, 0.2) is 41.8 Å². The molecule has 8 heteroatoms. The highest BCUT2D eigenvalue weighted by atomic mass is 32.1. The fourth-order valence-corrected chi connectivity index (χ4v) is 2.74. The van der Waals surface area contributed by atoms with E-state index in [4.69, 9.17) is 21.7 Å². The predicted molar refractivity (Wildman–Crippen MR) is 91.4 cm³/mol. The quantitative estimate of drug-likeness (QED) is 0.577. The molecule has 0 fully saturated rings. The number of rotatable bonds is 3. The van der Waals surface area contributed by atoms with E-state index in [0.29, 0.717) is 23.2 Å². The van der Waals surface area contributed by atoms with Crippen LogP contribution in [-0.4, -0.2) is 23.7 Å². The van der Waals surface area contributed by atoms with E-state index in [-0.39, 0.29) is 12.5 Å². The molecule has 0 bridgehead atoms. The van der Waals surface area contributed by atoms with Gasteiger partial charge in [-0.25, -0.2) is 0 Å². The Bertz CT molecular complexity index is 691. The lowest BCUT2D eigenvalue weighted by molar-refractivity contribution is -0.130. The Morgan fingerprint density at radius 2 is 2.04 bits per heavy atom. The molecule has 1 atom stereocenters. The van der Waals surface area contributed by atoms with Crippen molar-refractivity contribution >= 4 is 34.6 Å². The number of fused-ring (bicyclic) bond motifs is 1. The first-order valence-corrected chi connectivity index (χ1v) is 8.26. The van der Waals surface area contributed by atoms with Crippen LogP contribution in [0.3, 0.4) is 0 Å². The number of carbonyl (C=O) groups excluding carboxylic acids is 1. The number of carbonyl (C=O) groups is 1. The average molecular weight is 349 g/mol. The second kappa shape index (κ2) is 7.30. The van der Waals surface area contributed by atoms with Crippen molar-refractivity contribution in [2.75, 3.05) is 6.61 Å². The van der Waals surface area contributed by atoms with Gasteiger partial charge in [0.15, 0.2) is 16.6 Å². The van der Waals surface area contributed by atoms with Crippen molar-refractivity contribution in [3.05, 3.63) is 46.7 Å². The summed E-state index contributed by atoms with van der Waals surface area (Å²) in [5, 5.41) is 5.33. The summed E-state index contributed by atoms with van der Waals surface area (Å²) in [5.41, 5.74) is 5.17. The maximum Gasteiger partial charge on any atom is 0.283 e. The van der Waals surface area contributed by atoms with E-state index in [1.807, 2.05) is 29.6 Å². The topological polar surface area (TPSA) is 71.6 Å². The molecule has 0 saturated heterocycles. The number of hydrogen-bond donors (Lipinski definition) is 3. The zero-order valence-electron chi connectivity index (χ0n) is 12.1. The Hall–Kier alpha value is -2.32. The predicted octanol–water partition coefficient (Wildman–Crippen LogP) is 1.58. The van der Waals surface area contributed by atoms with Crippen LogP contribution in [-0.2, 0) is 11.3 Å². The van der Waals surface area contributed by atoms with E-state index >= 15 is 0 Å². The highest BCUT2D eigenvalue weighted by molar-refractivity contribution is 7.80. The zero-order chi connectivity index (χ0) is 16.1. The highest BCUT2D eigenvalue weighted by Gasteiger charge is 2.27. The summed E-state index contributed by atoms with van der Waals surface area (Å²) >= 11 is 6.74. The van der Waals surface area contributed by atoms with Crippen molar-refractivity contribution in [1.82, 2.24) is 16.2 Å². The van der Waals surface area contributed by atoms with Crippen LogP contribution in [0.25, 0.3) is 0 Å². The van der Waals surface area contributed by atoms with Gasteiger partial charge in [-0.3, -0.25) is 15.6 Å². The monoisotopic (exact) mass is 349 g/mol. The van der Waals surface area contributed by atoms with E-state index in [1.165, 1.54) is 0 Å². The lowest BCUT2D eigenvalue weighted by Crippen LogP contribution is -2.52. The molecule has 0 aliphatic carbocycles. The Kier molecular flexibility index (Phi) is 4.94. The van der Waals surface area contributed by atoms with Crippen LogP contribution < -0.4 is 25.6 Å². The molecule has 0 spiro atoms. The van der Waals surface area contributed by atoms with Crippen molar-refractivity contribution in [3.63, 3.8) is 0 Å². The number of thiocarbonyl (C=S) groups is 1. The third-order valence-electron chi connectivity index (χ3n) is 3.10. The van der Waals surface area contributed by atoms with Crippen LogP contribution in [0.1, 0.15) is 4.88 Å². The lowest BCUT2D eigenvalue weighted by Gasteiger charge is -2.25. The number of nitrogens with one attached hydrogen (secondary N) is 3. The van der Waals surface area contributed by atoms with E-state index in [1.54, 1.807) is 23.5 Å². The lowest BCUT2D eigenvalue weighted by atomic mass is 10.2. The molecule has 0 radical (unpaired) electrons. The molecule has 1 aliphatic rings. The van der Waals surface area contributed by atoms with E-state index in [2.05, 4.69) is 16.2 Å². The average Bonchev–Trinajstić information content (AvgIpc) is 3.11. The Morgan fingerprint density at radius 1 is 1.22 bits per heavy atom. The second-order valence-electron chi connectivity index (χ2n) is 4.74. The second-order valence-corrected chi connectivity index (χ2v) is 6.18. The van der Waals surface area contributed by atoms with Gasteiger partial charge < -0.3 is 14.8 Å². The first kappa shape index (κ1) is 15.6. The molecule has 0 saturated carbocycles. The molecule has 1 aromatic carbocycles. The summed E-state index contributed by atoms with van der Waals surface area (Å²) in [6.45, 7) is 0.760. The van der Waals surface area contributed by atoms with Gasteiger partial charge in [0.25, 0.3) is 5.91 Å². The summed E-state index contributed by atoms with van der Waals surface area (Å²) in [6, 6.07) is 11.2. The molecule has 1 aromatic heterocycles. The first-order valence-electron chi connectivity index (χ1n) is 6.97. The van der Waals surface area contributed by atoms with Crippen molar-refractivity contribution in [2.24, 2.45) is 0 Å². The van der Waals surface area contributed by atoms with Gasteiger partial charge in [0, 0.05) is 4.88 Å². The largest absolute Gasteiger partial charge is 0.485 e. The molecular formula is C15H15N3O3S2. The fraction of sp³-hybridized carbons (Fsp3) is 0.200. The van der Waals surface area contributed by atoms with E-state index < -0.39 is 6.10 Å². The molecule has 2 heterocycles. The molecule has 6 nitrogen and oxygen atoms in total. The molecule has 3 rings (SSSR count). The molecule has 1 aliphatic heterocycles. The number of thiophene rings is 1. The maximum absolute atomic E-state index is 12.1. The van der Waals surface area contributed by atoms with Gasteiger partial charge in [-0.2, -0.15) is 0 Å². The van der Waals surface area contributed by atoms with E-state index in [9.17, 15) is 4.79 Å². The number of benzene rings is 1. The Labute approximate surface area is 142 Å². The van der Waals surface area contributed by atoms with Crippen LogP contribution in [0.2, 0.25) is 0 Å². The minimum absolute atomic E-state index is 0.153. The van der Waals surface area contributed by atoms with Gasteiger partial charge in [0.1, 0.15) is 6.61 Å². The standard InChI is InChI=1S/C15H15N3O3S2/c19-14(13-9-20-11-5-1-2-6-12(11)21-13)17-18-15(22)16-8-10-4-3-7-23-10/h1-7,13H,8-9H2,(H,17,19)(H2,16,18,22)/t13-/m1/s1. The number of ether oxygens (including phenoxy) is 2. The summed E-state index contributed by atoms with van der Waals surface area (Å²) < 4.78 is 11.1. The van der Waals surface area contributed by atoms with Crippen molar-refractivity contribution in [1.29, 1.82) is 0 Å². The smallest absolute Gasteiger partial charge is 0.283 e. The van der Waals surface area contributed by atoms with Crippen LogP contribution >= 0.6 is 23.6 Å². The van der Waals surface area contributed by atoms with Gasteiger partial charge in [-0.05, 0) is 35.8 Å². The van der Waals surface area contributed by atoms with Crippen LogP contribution in [0, 0.1) is 0 Å². The van der Waals surface area contributed by atoms with Crippen LogP contribution in [0.4, 0.5) is 0 Å². The molecule has 2 aromatic rings. The number of para-hydroxylation sites is 2. The minimum atomic E-state index is -0.725. The highest BCUT2D eigenvalue weighted by Crippen LogP contribution is 2.30. The third-order valence-corrected chi connectivity index (χ3v) is 4.23. The minimum Gasteiger partial charge on any atom is -0.485 e. The van der Waals surface area contributed by atoms with Gasteiger partial charge in [-0.1, -0.05) is 18.2 Å². The van der Waals surface area contributed by atoms with E-state index in [0.717, 1.165) is 4.88 Å². The molecule has 120 valence electrons. The first-order chi connectivity index (χ1) is 11.2. The molecule has 3 N–H and O–H groups in total. The number of hydrogen-bond acceptors (Lipinski definition) is 5.